The number of nitrogens with one attached hydrogen (secondary N) is 1. The predicted octanol–water partition coefficient (Wildman–Crippen LogP) is 5.15. The number of nitrogens with two attached hydrogens (primary N) is 1. The third kappa shape index (κ3) is 2.87. The molecule has 0 aliphatic heterocycles. The summed E-state index contributed by atoms with van der Waals surface area (Å²) >= 11 is 6.96. The standard InChI is InChI=1S/C14H14Br2N2/c1-8-5-11(6-9(2)14(8)16)18-13-4-3-10(15)7-12(13)17/h3-7,18H,17H2,1-2H3. The van der Waals surface area contributed by atoms with Gasteiger partial charge in [0.15, 0.2) is 0 Å². The normalized spacial score (nSPS) is 10.4. The number of rotatable bonds is 2. The Kier molecular flexibility index (Phi) is 3.97. The summed E-state index contributed by atoms with van der Waals surface area (Å²) in [6.07, 6.45) is 0. The zero-order valence-electron chi connectivity index (χ0n) is 10.2. The summed E-state index contributed by atoms with van der Waals surface area (Å²) in [6, 6.07) is 10.0. The van der Waals surface area contributed by atoms with Gasteiger partial charge in [0.25, 0.3) is 0 Å². The molecule has 2 aromatic rings. The maximum atomic E-state index is 5.97. The molecule has 4 heteroatoms. The highest BCUT2D eigenvalue weighted by Gasteiger charge is 2.04. The highest BCUT2D eigenvalue weighted by Crippen LogP contribution is 2.30. The molecular weight excluding hydrogens is 356 g/mol. The van der Waals surface area contributed by atoms with Crippen molar-refractivity contribution in [1.29, 1.82) is 0 Å². The first-order valence-electron chi connectivity index (χ1n) is 5.56. The molecule has 0 saturated carbocycles. The molecule has 0 aliphatic rings. The fraction of sp³-hybridized carbons (Fsp3) is 0.143. The Morgan fingerprint density at radius 3 is 2.17 bits per heavy atom. The molecule has 0 saturated heterocycles. The molecule has 94 valence electrons. The summed E-state index contributed by atoms with van der Waals surface area (Å²) in [4.78, 5) is 0. The van der Waals surface area contributed by atoms with Crippen LogP contribution >= 0.6 is 31.9 Å². The van der Waals surface area contributed by atoms with Gasteiger partial charge in [-0.25, -0.2) is 0 Å². The van der Waals surface area contributed by atoms with Crippen molar-refractivity contribution in [2.45, 2.75) is 13.8 Å². The average molecular weight is 370 g/mol. The van der Waals surface area contributed by atoms with E-state index in [1.54, 1.807) is 0 Å². The largest absolute Gasteiger partial charge is 0.397 e. The summed E-state index contributed by atoms with van der Waals surface area (Å²) in [5.41, 5.74) is 11.1. The van der Waals surface area contributed by atoms with Crippen LogP contribution < -0.4 is 11.1 Å². The van der Waals surface area contributed by atoms with Gasteiger partial charge >= 0.3 is 0 Å². The van der Waals surface area contributed by atoms with Crippen LogP contribution in [0.15, 0.2) is 39.3 Å². The van der Waals surface area contributed by atoms with Crippen LogP contribution in [-0.2, 0) is 0 Å². The number of hydrogen-bond donors (Lipinski definition) is 2. The first-order chi connectivity index (χ1) is 8.47. The Morgan fingerprint density at radius 2 is 1.61 bits per heavy atom. The maximum Gasteiger partial charge on any atom is 0.0618 e. The maximum absolute atomic E-state index is 5.97. The molecule has 0 unspecified atom stereocenters. The molecule has 0 spiro atoms. The summed E-state index contributed by atoms with van der Waals surface area (Å²) in [5, 5.41) is 3.34. The van der Waals surface area contributed by atoms with Gasteiger partial charge in [0.2, 0.25) is 0 Å². The molecule has 0 amide bonds. The summed E-state index contributed by atoms with van der Waals surface area (Å²) in [7, 11) is 0. The van der Waals surface area contributed by atoms with Gasteiger partial charge in [0.05, 0.1) is 11.4 Å². The van der Waals surface area contributed by atoms with E-state index in [1.807, 2.05) is 18.2 Å². The smallest absolute Gasteiger partial charge is 0.0618 e. The number of hydrogen-bond acceptors (Lipinski definition) is 2. The molecule has 2 nitrogen and oxygen atoms in total. The monoisotopic (exact) mass is 368 g/mol. The zero-order valence-corrected chi connectivity index (χ0v) is 13.4. The fourth-order valence-corrected chi connectivity index (χ4v) is 2.43. The van der Waals surface area contributed by atoms with E-state index in [1.165, 1.54) is 11.1 Å². The highest BCUT2D eigenvalue weighted by atomic mass is 79.9. The number of anilines is 3. The lowest BCUT2D eigenvalue weighted by molar-refractivity contribution is 1.33. The topological polar surface area (TPSA) is 38.0 Å². The van der Waals surface area contributed by atoms with Gasteiger partial charge < -0.3 is 11.1 Å². The van der Waals surface area contributed by atoms with Gasteiger partial charge in [-0.15, -0.1) is 0 Å². The van der Waals surface area contributed by atoms with Crippen molar-refractivity contribution in [3.05, 3.63) is 50.4 Å². The van der Waals surface area contributed by atoms with Gasteiger partial charge in [-0.05, 0) is 55.3 Å². The molecule has 0 fully saturated rings. The van der Waals surface area contributed by atoms with Crippen molar-refractivity contribution in [1.82, 2.24) is 0 Å². The van der Waals surface area contributed by atoms with E-state index in [0.29, 0.717) is 0 Å². The predicted molar refractivity (Wildman–Crippen MR) is 85.5 cm³/mol. The van der Waals surface area contributed by atoms with Crippen LogP contribution in [0.4, 0.5) is 17.1 Å². The van der Waals surface area contributed by atoms with Crippen molar-refractivity contribution < 1.29 is 0 Å². The van der Waals surface area contributed by atoms with Gasteiger partial charge in [0.1, 0.15) is 0 Å². The second-order valence-electron chi connectivity index (χ2n) is 4.28. The van der Waals surface area contributed by atoms with E-state index in [-0.39, 0.29) is 0 Å². The molecule has 0 aromatic heterocycles. The van der Waals surface area contributed by atoms with Crippen molar-refractivity contribution in [2.75, 3.05) is 11.1 Å². The van der Waals surface area contributed by atoms with Crippen LogP contribution in [0.25, 0.3) is 0 Å². The Hall–Kier alpha value is -1.00. The summed E-state index contributed by atoms with van der Waals surface area (Å²) in [5.74, 6) is 0. The third-order valence-corrected chi connectivity index (χ3v) is 4.47. The van der Waals surface area contributed by atoms with Crippen molar-refractivity contribution in [3.8, 4) is 0 Å². The molecule has 2 aromatic carbocycles. The van der Waals surface area contributed by atoms with E-state index < -0.39 is 0 Å². The number of aryl methyl sites for hydroxylation is 2. The van der Waals surface area contributed by atoms with Crippen LogP contribution in [0.1, 0.15) is 11.1 Å². The van der Waals surface area contributed by atoms with Gasteiger partial charge in [0, 0.05) is 14.6 Å². The van der Waals surface area contributed by atoms with Crippen molar-refractivity contribution in [2.24, 2.45) is 0 Å². The lowest BCUT2D eigenvalue weighted by Gasteiger charge is -2.12. The molecule has 0 heterocycles. The Labute approximate surface area is 124 Å². The Morgan fingerprint density at radius 1 is 1.00 bits per heavy atom. The van der Waals surface area contributed by atoms with E-state index in [9.17, 15) is 0 Å². The number of halogens is 2. The van der Waals surface area contributed by atoms with E-state index in [0.717, 1.165) is 26.0 Å². The Bertz CT molecular complexity index is 571. The zero-order chi connectivity index (χ0) is 13.3. The molecule has 0 aliphatic carbocycles. The average Bonchev–Trinajstić information content (AvgIpc) is 2.29. The van der Waals surface area contributed by atoms with Crippen LogP contribution in [0.2, 0.25) is 0 Å². The molecule has 0 bridgehead atoms. The lowest BCUT2D eigenvalue weighted by Crippen LogP contribution is -1.97. The minimum atomic E-state index is 0.725. The SMILES string of the molecule is Cc1cc(Nc2ccc(Br)cc2N)cc(C)c1Br. The third-order valence-electron chi connectivity index (χ3n) is 2.73. The quantitative estimate of drug-likeness (QED) is 0.718. The molecule has 0 atom stereocenters. The second kappa shape index (κ2) is 5.33. The molecule has 0 radical (unpaired) electrons. The lowest BCUT2D eigenvalue weighted by atomic mass is 10.1. The first kappa shape index (κ1) is 13.4. The molecule has 18 heavy (non-hydrogen) atoms. The summed E-state index contributed by atoms with van der Waals surface area (Å²) in [6.45, 7) is 4.15. The molecule has 3 N–H and O–H groups in total. The molecule has 2 rings (SSSR count). The van der Waals surface area contributed by atoms with E-state index in [4.69, 9.17) is 5.73 Å². The van der Waals surface area contributed by atoms with Gasteiger partial charge in [-0.1, -0.05) is 31.9 Å². The highest BCUT2D eigenvalue weighted by molar-refractivity contribution is 9.10. The van der Waals surface area contributed by atoms with Crippen LogP contribution in [0.5, 0.6) is 0 Å². The van der Waals surface area contributed by atoms with Crippen LogP contribution in [-0.4, -0.2) is 0 Å². The number of benzene rings is 2. The number of nitrogen functional groups attached to an aromatic ring is 1. The molecular formula is C14H14Br2N2. The van der Waals surface area contributed by atoms with E-state index >= 15 is 0 Å². The van der Waals surface area contributed by atoms with Crippen LogP contribution in [0.3, 0.4) is 0 Å². The van der Waals surface area contributed by atoms with Crippen molar-refractivity contribution >= 4 is 48.9 Å². The second-order valence-corrected chi connectivity index (χ2v) is 5.99. The summed E-state index contributed by atoms with van der Waals surface area (Å²) < 4.78 is 2.13. The van der Waals surface area contributed by atoms with Gasteiger partial charge in [-0.3, -0.25) is 0 Å². The Balaban J connectivity index is 2.34. The van der Waals surface area contributed by atoms with E-state index in [2.05, 4.69) is 63.2 Å². The first-order valence-corrected chi connectivity index (χ1v) is 7.15. The van der Waals surface area contributed by atoms with Crippen molar-refractivity contribution in [3.63, 3.8) is 0 Å². The van der Waals surface area contributed by atoms with Gasteiger partial charge in [-0.2, -0.15) is 0 Å². The minimum absolute atomic E-state index is 0.725. The minimum Gasteiger partial charge on any atom is -0.397 e. The van der Waals surface area contributed by atoms with Crippen LogP contribution in [0, 0.1) is 13.8 Å². The fourth-order valence-electron chi connectivity index (χ4n) is 1.82.